The topological polar surface area (TPSA) is 171 Å². The molecule has 2 aromatic rings. The van der Waals surface area contributed by atoms with Gasteiger partial charge in [0.05, 0.1) is 24.2 Å². The predicted octanol–water partition coefficient (Wildman–Crippen LogP) is 5.27. The second-order valence-electron chi connectivity index (χ2n) is 13.9. The van der Waals surface area contributed by atoms with E-state index in [0.29, 0.717) is 11.1 Å². The Morgan fingerprint density at radius 2 is 1.07 bits per heavy atom. The van der Waals surface area contributed by atoms with E-state index in [-0.39, 0.29) is 22.7 Å². The van der Waals surface area contributed by atoms with Gasteiger partial charge in [0.1, 0.15) is 5.60 Å². The molecular weight excluding hydrogens is 590 g/mol. The number of rotatable bonds is 10. The highest BCUT2D eigenvalue weighted by Gasteiger charge is 2.66. The van der Waals surface area contributed by atoms with Crippen molar-refractivity contribution in [2.45, 2.75) is 98.2 Å². The smallest absolute Gasteiger partial charge is 0.334 e. The third-order valence-electron chi connectivity index (χ3n) is 8.36. The van der Waals surface area contributed by atoms with Gasteiger partial charge in [-0.2, -0.15) is 0 Å². The van der Waals surface area contributed by atoms with Crippen LogP contribution < -0.4 is 0 Å². The van der Waals surface area contributed by atoms with E-state index >= 15 is 0 Å². The SMILES string of the molecule is Cc1cc(C(C)(C)C)c(C(O)(c2ccccc2)C(CO)(CO)C(O)(C(C)C)C(C)C)c(C(C)(C)C)c1.OP(O)OP(O)O. The molecule has 1 atom stereocenters. The molecule has 0 bridgehead atoms. The molecule has 11 heteroatoms. The molecule has 0 fully saturated rings. The Morgan fingerprint density at radius 1 is 0.698 bits per heavy atom. The summed E-state index contributed by atoms with van der Waals surface area (Å²) in [4.78, 5) is 31.3. The molecule has 0 aliphatic rings. The molecule has 0 aliphatic heterocycles. The maximum atomic E-state index is 13.4. The molecule has 0 saturated carbocycles. The van der Waals surface area contributed by atoms with Gasteiger partial charge in [-0.1, -0.05) is 117 Å². The molecule has 1 unspecified atom stereocenters. The summed E-state index contributed by atoms with van der Waals surface area (Å²) < 4.78 is 3.60. The lowest BCUT2D eigenvalue weighted by molar-refractivity contribution is -0.253. The number of hydrogen-bond donors (Lipinski definition) is 8. The van der Waals surface area contributed by atoms with Gasteiger partial charge in [0.15, 0.2) is 0 Å². The van der Waals surface area contributed by atoms with Crippen LogP contribution in [0.5, 0.6) is 0 Å². The Labute approximate surface area is 260 Å². The van der Waals surface area contributed by atoms with Crippen molar-refractivity contribution in [3.63, 3.8) is 0 Å². The van der Waals surface area contributed by atoms with E-state index in [4.69, 9.17) is 19.6 Å². The van der Waals surface area contributed by atoms with Crippen LogP contribution in [-0.2, 0) is 20.7 Å². The Morgan fingerprint density at radius 3 is 1.33 bits per heavy atom. The monoisotopic (exact) mass is 644 g/mol. The van der Waals surface area contributed by atoms with E-state index < -0.39 is 47.0 Å². The molecule has 9 nitrogen and oxygen atoms in total. The number of aryl methyl sites for hydroxylation is 1. The van der Waals surface area contributed by atoms with Crippen LogP contribution in [0.4, 0.5) is 0 Å². The van der Waals surface area contributed by atoms with Crippen molar-refractivity contribution in [3.8, 4) is 0 Å². The lowest BCUT2D eigenvalue weighted by atomic mass is 9.50. The van der Waals surface area contributed by atoms with Gasteiger partial charge < -0.3 is 40.0 Å². The summed E-state index contributed by atoms with van der Waals surface area (Å²) in [6.07, 6.45) is 0. The minimum Gasteiger partial charge on any atom is -0.395 e. The summed E-state index contributed by atoms with van der Waals surface area (Å²) in [7, 11) is -5.22. The zero-order valence-corrected chi connectivity index (χ0v) is 29.3. The van der Waals surface area contributed by atoms with Crippen molar-refractivity contribution in [2.24, 2.45) is 17.3 Å². The fraction of sp³-hybridized carbons (Fsp3) is 0.625. The van der Waals surface area contributed by atoms with Crippen molar-refractivity contribution in [1.29, 1.82) is 0 Å². The number of aliphatic hydroxyl groups is 4. The molecule has 0 aliphatic carbocycles. The summed E-state index contributed by atoms with van der Waals surface area (Å²) in [5, 5.41) is 48.4. The Hall–Kier alpha value is -1.06. The summed E-state index contributed by atoms with van der Waals surface area (Å²) in [5.41, 5.74) is -1.86. The fourth-order valence-corrected chi connectivity index (χ4v) is 6.88. The highest BCUT2D eigenvalue weighted by molar-refractivity contribution is 7.53. The first-order valence-corrected chi connectivity index (χ1v) is 16.7. The lowest BCUT2D eigenvalue weighted by Gasteiger charge is -2.59. The Kier molecular flexibility index (Phi) is 14.0. The van der Waals surface area contributed by atoms with Crippen molar-refractivity contribution >= 4 is 17.2 Å². The molecule has 2 rings (SSSR count). The molecule has 43 heavy (non-hydrogen) atoms. The van der Waals surface area contributed by atoms with Crippen molar-refractivity contribution in [3.05, 3.63) is 70.3 Å². The Bertz CT molecular complexity index is 1100. The summed E-state index contributed by atoms with van der Waals surface area (Å²) in [5.74, 6) is -0.734. The molecule has 0 spiro atoms. The lowest BCUT2D eigenvalue weighted by Crippen LogP contribution is -2.69. The third kappa shape index (κ3) is 8.21. The summed E-state index contributed by atoms with van der Waals surface area (Å²) in [6.45, 7) is 21.0. The molecule has 8 N–H and O–H groups in total. The van der Waals surface area contributed by atoms with Gasteiger partial charge in [-0.15, -0.1) is 0 Å². The van der Waals surface area contributed by atoms with Crippen LogP contribution in [-0.4, -0.2) is 58.8 Å². The van der Waals surface area contributed by atoms with E-state index in [2.05, 4.69) is 64.9 Å². The minimum absolute atomic E-state index is 0.367. The average Bonchev–Trinajstić information content (AvgIpc) is 2.87. The second kappa shape index (κ2) is 15.0. The van der Waals surface area contributed by atoms with Crippen LogP contribution in [0.1, 0.15) is 97.1 Å². The van der Waals surface area contributed by atoms with E-state index in [1.54, 1.807) is 0 Å². The van der Waals surface area contributed by atoms with Gasteiger partial charge >= 0.3 is 17.2 Å². The largest absolute Gasteiger partial charge is 0.395 e. The van der Waals surface area contributed by atoms with Crippen LogP contribution in [0.25, 0.3) is 0 Å². The highest BCUT2D eigenvalue weighted by Crippen LogP contribution is 2.58. The van der Waals surface area contributed by atoms with Crippen molar-refractivity contribution < 1.29 is 44.3 Å². The predicted molar refractivity (Wildman–Crippen MR) is 173 cm³/mol. The number of benzene rings is 2. The number of hydrogen-bond acceptors (Lipinski definition) is 9. The zero-order chi connectivity index (χ0) is 33.8. The minimum atomic E-state index is -2.61. The van der Waals surface area contributed by atoms with Gasteiger partial charge in [0.2, 0.25) is 0 Å². The molecular formula is C32H54O9P2. The van der Waals surface area contributed by atoms with Crippen molar-refractivity contribution in [2.75, 3.05) is 13.2 Å². The first-order chi connectivity index (χ1) is 19.5. The van der Waals surface area contributed by atoms with Crippen LogP contribution in [0, 0.1) is 24.2 Å². The molecule has 246 valence electrons. The van der Waals surface area contributed by atoms with Crippen LogP contribution in [0.15, 0.2) is 42.5 Å². The van der Waals surface area contributed by atoms with Gasteiger partial charge in [-0.05, 0) is 51.8 Å². The standard InChI is InChI=1S/C32H50O4.H4O5P2/c1-21(2)31(35,22(3)4)30(19-33,20-34)32(36,24-15-13-12-14-16-24)27-25(28(6,7)8)17-23(5)18-26(27)29(9,10)11;1-6(2)5-7(3)4/h12-18,21-22,33-36H,19-20H2,1-11H3;1-4H. The molecule has 0 saturated heterocycles. The third-order valence-corrected chi connectivity index (χ3v) is 9.53. The van der Waals surface area contributed by atoms with E-state index in [1.165, 1.54) is 0 Å². The van der Waals surface area contributed by atoms with Crippen LogP contribution in [0.2, 0.25) is 0 Å². The van der Waals surface area contributed by atoms with Gasteiger partial charge in [-0.25, -0.2) is 4.31 Å². The zero-order valence-electron chi connectivity index (χ0n) is 27.5. The normalized spacial score (nSPS) is 14.8. The van der Waals surface area contributed by atoms with E-state index in [1.807, 2.05) is 58.0 Å². The van der Waals surface area contributed by atoms with Crippen molar-refractivity contribution in [1.82, 2.24) is 0 Å². The highest BCUT2D eigenvalue weighted by atomic mass is 31.2. The van der Waals surface area contributed by atoms with E-state index in [0.717, 1.165) is 16.7 Å². The van der Waals surface area contributed by atoms with Gasteiger partial charge in [0.25, 0.3) is 0 Å². The molecule has 0 heterocycles. The molecule has 0 radical (unpaired) electrons. The fourth-order valence-electron chi connectivity index (χ4n) is 6.36. The van der Waals surface area contributed by atoms with Gasteiger partial charge in [-0.3, -0.25) is 0 Å². The van der Waals surface area contributed by atoms with Gasteiger partial charge in [0, 0.05) is 0 Å². The van der Waals surface area contributed by atoms with Crippen LogP contribution >= 0.6 is 17.2 Å². The average molecular weight is 645 g/mol. The number of aliphatic hydroxyl groups excluding tert-OH is 2. The molecule has 2 aromatic carbocycles. The molecule has 0 amide bonds. The van der Waals surface area contributed by atoms with E-state index in [9.17, 15) is 20.4 Å². The maximum Gasteiger partial charge on any atom is 0.334 e. The summed E-state index contributed by atoms with van der Waals surface area (Å²) >= 11 is 0. The van der Waals surface area contributed by atoms with Crippen LogP contribution in [0.3, 0.4) is 0 Å². The first-order valence-electron chi connectivity index (χ1n) is 14.4. The summed E-state index contributed by atoms with van der Waals surface area (Å²) in [6, 6.07) is 13.4. The maximum absolute atomic E-state index is 13.4. The first kappa shape index (κ1) is 40.0. The quantitative estimate of drug-likeness (QED) is 0.161. The second-order valence-corrected chi connectivity index (χ2v) is 15.6. The molecule has 0 aromatic heterocycles. The Balaban J connectivity index is 0.00000117.